The monoisotopic (exact) mass is 287 g/mol. The van der Waals surface area contributed by atoms with Gasteiger partial charge in [-0.25, -0.2) is 4.39 Å². The number of amides is 1. The van der Waals surface area contributed by atoms with Crippen molar-refractivity contribution in [2.24, 2.45) is 0 Å². The molecule has 3 rings (SSSR count). The van der Waals surface area contributed by atoms with E-state index in [1.165, 1.54) is 12.1 Å². The summed E-state index contributed by atoms with van der Waals surface area (Å²) in [7, 11) is 0. The Labute approximate surface area is 121 Å². The highest BCUT2D eigenvalue weighted by atomic mass is 19.1. The maximum atomic E-state index is 13.2. The lowest BCUT2D eigenvalue weighted by atomic mass is 10.1. The first kappa shape index (κ1) is 13.4. The van der Waals surface area contributed by atoms with Crippen LogP contribution >= 0.6 is 0 Å². The van der Waals surface area contributed by atoms with Gasteiger partial charge in [-0.1, -0.05) is 0 Å². The maximum Gasteiger partial charge on any atom is 0.255 e. The van der Waals surface area contributed by atoms with Gasteiger partial charge in [0.05, 0.1) is 0 Å². The topological polar surface area (TPSA) is 47.6 Å². The van der Waals surface area contributed by atoms with Crippen molar-refractivity contribution in [3.63, 3.8) is 0 Å². The number of hydrogen-bond donors (Lipinski definition) is 1. The summed E-state index contributed by atoms with van der Waals surface area (Å²) < 4.78 is 24.1. The Morgan fingerprint density at radius 2 is 1.86 bits per heavy atom. The van der Waals surface area contributed by atoms with Gasteiger partial charge in [-0.3, -0.25) is 4.79 Å². The van der Waals surface area contributed by atoms with E-state index in [0.29, 0.717) is 41.5 Å². The molecule has 108 valence electrons. The summed E-state index contributed by atoms with van der Waals surface area (Å²) in [5.74, 6) is 0.616. The van der Waals surface area contributed by atoms with Crippen LogP contribution in [0.25, 0.3) is 0 Å². The van der Waals surface area contributed by atoms with Crippen LogP contribution in [-0.2, 0) is 0 Å². The summed E-state index contributed by atoms with van der Waals surface area (Å²) in [5, 5.41) is 2.73. The number of nitrogens with one attached hydrogen (secondary N) is 1. The van der Waals surface area contributed by atoms with Gasteiger partial charge in [0, 0.05) is 11.3 Å². The van der Waals surface area contributed by atoms with Crippen molar-refractivity contribution in [3.05, 3.63) is 53.3 Å². The maximum absolute atomic E-state index is 13.2. The normalized spacial score (nSPS) is 12.9. The van der Waals surface area contributed by atoms with Gasteiger partial charge >= 0.3 is 0 Å². The van der Waals surface area contributed by atoms with E-state index in [9.17, 15) is 9.18 Å². The van der Waals surface area contributed by atoms with Crippen LogP contribution in [0.4, 0.5) is 10.1 Å². The highest BCUT2D eigenvalue weighted by Gasteiger charge is 2.15. The molecule has 5 heteroatoms. The lowest BCUT2D eigenvalue weighted by Gasteiger charge is -2.18. The average Bonchev–Trinajstić information content (AvgIpc) is 2.50. The number of benzene rings is 2. The first-order chi connectivity index (χ1) is 10.1. The number of carbonyl (C=O) groups excluding carboxylic acids is 1. The molecular formula is C16H14FNO3. The standard InChI is InChI=1S/C16H14FNO3/c1-10-8-12(3-4-13(10)17)18-16(19)11-2-5-14-15(9-11)21-7-6-20-14/h2-5,8-9H,6-7H2,1H3,(H,18,19). The highest BCUT2D eigenvalue weighted by Crippen LogP contribution is 2.31. The molecule has 0 unspecified atom stereocenters. The Morgan fingerprint density at radius 3 is 2.62 bits per heavy atom. The zero-order chi connectivity index (χ0) is 14.8. The second-order valence-electron chi connectivity index (χ2n) is 4.78. The Morgan fingerprint density at radius 1 is 1.10 bits per heavy atom. The van der Waals surface area contributed by atoms with Crippen molar-refractivity contribution in [1.82, 2.24) is 0 Å². The fourth-order valence-corrected chi connectivity index (χ4v) is 2.11. The van der Waals surface area contributed by atoms with E-state index >= 15 is 0 Å². The molecule has 0 aliphatic carbocycles. The minimum atomic E-state index is -0.299. The molecule has 1 aliphatic heterocycles. The number of halogens is 1. The fraction of sp³-hybridized carbons (Fsp3) is 0.188. The van der Waals surface area contributed by atoms with E-state index in [4.69, 9.17) is 9.47 Å². The molecule has 0 atom stereocenters. The summed E-state index contributed by atoms with van der Waals surface area (Å²) in [5.41, 5.74) is 1.49. The second-order valence-corrected chi connectivity index (χ2v) is 4.78. The second kappa shape index (κ2) is 5.44. The molecule has 0 saturated heterocycles. The number of hydrogen-bond acceptors (Lipinski definition) is 3. The summed E-state index contributed by atoms with van der Waals surface area (Å²) in [6, 6.07) is 9.46. The van der Waals surface area contributed by atoms with Gasteiger partial charge in [0.15, 0.2) is 11.5 Å². The molecule has 4 nitrogen and oxygen atoms in total. The minimum Gasteiger partial charge on any atom is -0.486 e. The largest absolute Gasteiger partial charge is 0.486 e. The zero-order valence-corrected chi connectivity index (χ0v) is 11.5. The molecule has 1 heterocycles. The Hall–Kier alpha value is -2.56. The van der Waals surface area contributed by atoms with E-state index in [1.807, 2.05) is 0 Å². The fourth-order valence-electron chi connectivity index (χ4n) is 2.11. The quantitative estimate of drug-likeness (QED) is 0.923. The first-order valence-electron chi connectivity index (χ1n) is 6.60. The van der Waals surface area contributed by atoms with Crippen molar-refractivity contribution in [1.29, 1.82) is 0 Å². The molecule has 1 aliphatic rings. The van der Waals surface area contributed by atoms with Crippen LogP contribution < -0.4 is 14.8 Å². The lowest BCUT2D eigenvalue weighted by molar-refractivity contribution is 0.102. The summed E-state index contributed by atoms with van der Waals surface area (Å²) in [6.07, 6.45) is 0. The molecule has 2 aromatic carbocycles. The summed E-state index contributed by atoms with van der Waals surface area (Å²) in [4.78, 5) is 12.2. The molecular weight excluding hydrogens is 273 g/mol. The molecule has 0 fully saturated rings. The van der Waals surface area contributed by atoms with E-state index in [2.05, 4.69) is 5.32 Å². The Balaban J connectivity index is 1.80. The first-order valence-corrected chi connectivity index (χ1v) is 6.60. The van der Waals surface area contributed by atoms with Gasteiger partial charge < -0.3 is 14.8 Å². The zero-order valence-electron chi connectivity index (χ0n) is 11.5. The smallest absolute Gasteiger partial charge is 0.255 e. The van der Waals surface area contributed by atoms with Gasteiger partial charge in [-0.2, -0.15) is 0 Å². The molecule has 1 amide bonds. The number of fused-ring (bicyclic) bond motifs is 1. The third-order valence-electron chi connectivity index (χ3n) is 3.22. The third kappa shape index (κ3) is 2.81. The molecule has 0 radical (unpaired) electrons. The number of carbonyl (C=O) groups is 1. The molecule has 0 aromatic heterocycles. The molecule has 0 bridgehead atoms. The van der Waals surface area contributed by atoms with Crippen molar-refractivity contribution in [2.75, 3.05) is 18.5 Å². The number of aryl methyl sites for hydroxylation is 1. The van der Waals surface area contributed by atoms with Crippen LogP contribution in [0.15, 0.2) is 36.4 Å². The minimum absolute atomic E-state index is 0.280. The number of anilines is 1. The van der Waals surface area contributed by atoms with Gasteiger partial charge in [0.2, 0.25) is 0 Å². The van der Waals surface area contributed by atoms with Crippen molar-refractivity contribution in [2.45, 2.75) is 6.92 Å². The van der Waals surface area contributed by atoms with Gasteiger partial charge in [0.1, 0.15) is 19.0 Å². The van der Waals surface area contributed by atoms with Crippen molar-refractivity contribution < 1.29 is 18.7 Å². The van der Waals surface area contributed by atoms with E-state index in [1.54, 1.807) is 31.2 Å². The molecule has 2 aromatic rings. The van der Waals surface area contributed by atoms with Crippen LogP contribution in [0.2, 0.25) is 0 Å². The van der Waals surface area contributed by atoms with Gasteiger partial charge in [-0.15, -0.1) is 0 Å². The van der Waals surface area contributed by atoms with Crippen molar-refractivity contribution in [3.8, 4) is 11.5 Å². The number of rotatable bonds is 2. The SMILES string of the molecule is Cc1cc(NC(=O)c2ccc3c(c2)OCCO3)ccc1F. The average molecular weight is 287 g/mol. The Kier molecular flexibility index (Phi) is 3.48. The van der Waals surface area contributed by atoms with Crippen LogP contribution in [0.5, 0.6) is 11.5 Å². The number of ether oxygens (including phenoxy) is 2. The van der Waals surface area contributed by atoms with Gasteiger partial charge in [0.25, 0.3) is 5.91 Å². The molecule has 0 saturated carbocycles. The highest BCUT2D eigenvalue weighted by molar-refractivity contribution is 6.04. The van der Waals surface area contributed by atoms with E-state index in [0.717, 1.165) is 0 Å². The molecule has 0 spiro atoms. The summed E-state index contributed by atoms with van der Waals surface area (Å²) >= 11 is 0. The molecule has 21 heavy (non-hydrogen) atoms. The predicted molar refractivity (Wildman–Crippen MR) is 76.5 cm³/mol. The van der Waals surface area contributed by atoms with E-state index in [-0.39, 0.29) is 11.7 Å². The van der Waals surface area contributed by atoms with Crippen LogP contribution in [0, 0.1) is 12.7 Å². The van der Waals surface area contributed by atoms with Crippen LogP contribution in [0.3, 0.4) is 0 Å². The van der Waals surface area contributed by atoms with E-state index < -0.39 is 0 Å². The molecule has 1 N–H and O–H groups in total. The van der Waals surface area contributed by atoms with Crippen LogP contribution in [0.1, 0.15) is 15.9 Å². The summed E-state index contributed by atoms with van der Waals surface area (Å²) in [6.45, 7) is 2.62. The van der Waals surface area contributed by atoms with Crippen molar-refractivity contribution >= 4 is 11.6 Å². The van der Waals surface area contributed by atoms with Gasteiger partial charge in [-0.05, 0) is 48.9 Å². The predicted octanol–water partition coefficient (Wildman–Crippen LogP) is 3.16. The Bertz CT molecular complexity index is 700. The van der Waals surface area contributed by atoms with Crippen LogP contribution in [-0.4, -0.2) is 19.1 Å². The third-order valence-corrected chi connectivity index (χ3v) is 3.22. The lowest BCUT2D eigenvalue weighted by Crippen LogP contribution is -2.17.